The maximum absolute atomic E-state index is 13.7. The van der Waals surface area contributed by atoms with Crippen molar-refractivity contribution in [1.29, 1.82) is 0 Å². The molecule has 1 unspecified atom stereocenters. The van der Waals surface area contributed by atoms with Crippen LogP contribution >= 0.6 is 0 Å². The van der Waals surface area contributed by atoms with Gasteiger partial charge < -0.3 is 16.1 Å². The first-order chi connectivity index (χ1) is 18.6. The van der Waals surface area contributed by atoms with Crippen LogP contribution in [-0.2, 0) is 10.7 Å². The van der Waals surface area contributed by atoms with E-state index in [0.29, 0.717) is 30.9 Å². The van der Waals surface area contributed by atoms with E-state index in [4.69, 9.17) is 10.8 Å². The number of carbonyl (C=O) groups is 2. The SMILES string of the molecule is CCN1C(=O)CC2(CC2)N(/C=N\N)C2=C1N=CC(c1cc(NC(=O)c3ccnc(C(C)(F)F)c3)ccc1C)C2. The molecule has 0 saturated heterocycles. The van der Waals surface area contributed by atoms with Gasteiger partial charge in [-0.2, -0.15) is 13.9 Å². The van der Waals surface area contributed by atoms with Gasteiger partial charge in [-0.05, 0) is 62.1 Å². The molecule has 1 aliphatic carbocycles. The highest BCUT2D eigenvalue weighted by atomic mass is 19.3. The summed E-state index contributed by atoms with van der Waals surface area (Å²) in [4.78, 5) is 38.2. The molecule has 0 bridgehead atoms. The molecule has 5 rings (SSSR count). The van der Waals surface area contributed by atoms with Crippen LogP contribution < -0.4 is 11.2 Å². The summed E-state index contributed by atoms with van der Waals surface area (Å²) >= 11 is 0. The minimum Gasteiger partial charge on any atom is -0.324 e. The topological polar surface area (TPSA) is 116 Å². The maximum Gasteiger partial charge on any atom is 0.286 e. The lowest BCUT2D eigenvalue weighted by Crippen LogP contribution is -2.37. The number of aliphatic imine (C=N–C) groups is 1. The van der Waals surface area contributed by atoms with Gasteiger partial charge in [-0.15, -0.1) is 0 Å². The number of hydrogen-bond donors (Lipinski definition) is 2. The largest absolute Gasteiger partial charge is 0.324 e. The van der Waals surface area contributed by atoms with Crippen LogP contribution in [0.15, 0.2) is 58.1 Å². The van der Waals surface area contributed by atoms with Gasteiger partial charge in [-0.3, -0.25) is 19.5 Å². The molecule has 3 aliphatic rings. The summed E-state index contributed by atoms with van der Waals surface area (Å²) in [6, 6.07) is 8.04. The molecule has 1 atom stereocenters. The summed E-state index contributed by atoms with van der Waals surface area (Å²) in [5.41, 5.74) is 2.66. The zero-order chi connectivity index (χ0) is 27.9. The van der Waals surface area contributed by atoms with Gasteiger partial charge in [0.25, 0.3) is 11.8 Å². The van der Waals surface area contributed by atoms with Crippen LogP contribution in [0.3, 0.4) is 0 Å². The Kier molecular flexibility index (Phi) is 6.69. The summed E-state index contributed by atoms with van der Waals surface area (Å²) in [6.45, 7) is 5.16. The molecule has 1 aromatic heterocycles. The Bertz CT molecular complexity index is 1410. The van der Waals surface area contributed by atoms with Crippen molar-refractivity contribution in [3.63, 3.8) is 0 Å². The van der Waals surface area contributed by atoms with Crippen LogP contribution in [0.5, 0.6) is 0 Å². The fourth-order valence-electron chi connectivity index (χ4n) is 5.36. The predicted molar refractivity (Wildman–Crippen MR) is 144 cm³/mol. The van der Waals surface area contributed by atoms with E-state index in [0.717, 1.165) is 42.7 Å². The van der Waals surface area contributed by atoms with Crippen LogP contribution in [0, 0.1) is 6.92 Å². The third kappa shape index (κ3) is 5.00. The summed E-state index contributed by atoms with van der Waals surface area (Å²) in [5, 5.41) is 6.62. The number of aryl methyl sites for hydroxylation is 1. The second kappa shape index (κ2) is 9.87. The Balaban J connectivity index is 1.43. The van der Waals surface area contributed by atoms with Gasteiger partial charge in [-0.1, -0.05) is 6.07 Å². The van der Waals surface area contributed by atoms with Crippen molar-refractivity contribution in [3.05, 3.63) is 70.4 Å². The molecule has 39 heavy (non-hydrogen) atoms. The number of nitrogens with one attached hydrogen (secondary N) is 1. The van der Waals surface area contributed by atoms with Gasteiger partial charge in [-0.25, -0.2) is 4.99 Å². The first-order valence-electron chi connectivity index (χ1n) is 12.9. The molecule has 3 N–H and O–H groups in total. The number of benzene rings is 1. The zero-order valence-electron chi connectivity index (χ0n) is 22.1. The Labute approximate surface area is 225 Å². The van der Waals surface area contributed by atoms with E-state index in [1.165, 1.54) is 12.3 Å². The van der Waals surface area contributed by atoms with Crippen LogP contribution in [0.1, 0.15) is 72.6 Å². The fraction of sp³-hybridized carbons (Fsp3) is 0.393. The number of hydrogen-bond acceptors (Lipinski definition) is 6. The van der Waals surface area contributed by atoms with E-state index in [1.54, 1.807) is 17.3 Å². The summed E-state index contributed by atoms with van der Waals surface area (Å²) < 4.78 is 27.4. The average molecular weight is 536 g/mol. The van der Waals surface area contributed by atoms with Crippen molar-refractivity contribution < 1.29 is 18.4 Å². The number of hydrazone groups is 1. The van der Waals surface area contributed by atoms with Crippen molar-refractivity contribution in [2.45, 2.75) is 63.8 Å². The number of nitrogens with zero attached hydrogens (tertiary/aromatic N) is 5. The number of anilines is 1. The molecule has 0 radical (unpaired) electrons. The maximum atomic E-state index is 13.7. The van der Waals surface area contributed by atoms with E-state index in [-0.39, 0.29) is 22.9 Å². The van der Waals surface area contributed by atoms with Crippen molar-refractivity contribution in [2.24, 2.45) is 15.9 Å². The van der Waals surface area contributed by atoms with Crippen LogP contribution in [0.2, 0.25) is 0 Å². The second-order valence-corrected chi connectivity index (χ2v) is 10.4. The minimum atomic E-state index is -3.15. The van der Waals surface area contributed by atoms with Crippen molar-refractivity contribution in [1.82, 2.24) is 14.8 Å². The van der Waals surface area contributed by atoms with Crippen molar-refractivity contribution in [3.8, 4) is 0 Å². The number of allylic oxidation sites excluding steroid dienone is 1. The number of alkyl halides is 2. The van der Waals surface area contributed by atoms with Crippen LogP contribution in [0.4, 0.5) is 14.5 Å². The molecule has 3 heterocycles. The van der Waals surface area contributed by atoms with E-state index >= 15 is 0 Å². The fourth-order valence-corrected chi connectivity index (χ4v) is 5.36. The molecule has 2 aromatic rings. The number of amides is 2. The lowest BCUT2D eigenvalue weighted by molar-refractivity contribution is -0.129. The molecule has 1 aromatic carbocycles. The molecular formula is C28H31F2N7O2. The summed E-state index contributed by atoms with van der Waals surface area (Å²) in [7, 11) is 0. The van der Waals surface area contributed by atoms with E-state index in [9.17, 15) is 18.4 Å². The molecule has 1 fully saturated rings. The Morgan fingerprint density at radius 2 is 2.08 bits per heavy atom. The number of aromatic nitrogens is 1. The van der Waals surface area contributed by atoms with Gasteiger partial charge in [0.2, 0.25) is 5.91 Å². The lowest BCUT2D eigenvalue weighted by atomic mass is 9.89. The van der Waals surface area contributed by atoms with Crippen LogP contribution in [-0.4, -0.2) is 51.2 Å². The monoisotopic (exact) mass is 535 g/mol. The van der Waals surface area contributed by atoms with E-state index < -0.39 is 17.5 Å². The van der Waals surface area contributed by atoms with Crippen molar-refractivity contribution in [2.75, 3.05) is 11.9 Å². The molecule has 204 valence electrons. The Morgan fingerprint density at radius 1 is 1.31 bits per heavy atom. The third-order valence-electron chi connectivity index (χ3n) is 7.62. The molecule has 2 aliphatic heterocycles. The number of pyridine rings is 1. The summed E-state index contributed by atoms with van der Waals surface area (Å²) in [6.07, 6.45) is 7.31. The van der Waals surface area contributed by atoms with Crippen molar-refractivity contribution >= 4 is 30.1 Å². The van der Waals surface area contributed by atoms with Gasteiger partial charge in [0.15, 0.2) is 5.82 Å². The van der Waals surface area contributed by atoms with Crippen LogP contribution in [0.25, 0.3) is 0 Å². The highest BCUT2D eigenvalue weighted by Gasteiger charge is 2.53. The molecule has 11 heteroatoms. The lowest BCUT2D eigenvalue weighted by Gasteiger charge is -2.33. The van der Waals surface area contributed by atoms with Gasteiger partial charge in [0, 0.05) is 49.5 Å². The molecular weight excluding hydrogens is 504 g/mol. The minimum absolute atomic E-state index is 0.0343. The number of rotatable bonds is 6. The molecule has 2 amide bonds. The quantitative estimate of drug-likeness (QED) is 0.245. The number of nitrogens with two attached hydrogens (primary N) is 1. The summed E-state index contributed by atoms with van der Waals surface area (Å²) in [5.74, 6) is 2.43. The first kappa shape index (κ1) is 26.5. The normalized spacial score (nSPS) is 20.4. The highest BCUT2D eigenvalue weighted by Crippen LogP contribution is 2.50. The second-order valence-electron chi connectivity index (χ2n) is 10.4. The number of carbonyl (C=O) groups excluding carboxylic acids is 2. The highest BCUT2D eigenvalue weighted by molar-refractivity contribution is 6.04. The standard InChI is InChI=1S/C28H31F2N7O2/c1-4-36-24(38)14-28(8-9-28)37(16-34-31)22-11-19(15-33-25(22)36)21-13-20(6-5-17(21)2)35-26(39)18-7-10-32-23(12-18)27(3,29)30/h5-7,10,12-13,15-16,19H,4,8-9,11,14,31H2,1-3H3,(H,35,39)/b34-16-. The Hall–Kier alpha value is -4.15. The predicted octanol–water partition coefficient (Wildman–Crippen LogP) is 4.47. The first-order valence-corrected chi connectivity index (χ1v) is 12.9. The molecule has 1 saturated carbocycles. The van der Waals surface area contributed by atoms with Gasteiger partial charge in [0.1, 0.15) is 12.0 Å². The van der Waals surface area contributed by atoms with E-state index in [2.05, 4.69) is 15.4 Å². The number of halogens is 2. The Morgan fingerprint density at radius 3 is 2.74 bits per heavy atom. The van der Waals surface area contributed by atoms with Gasteiger partial charge in [0.05, 0.1) is 17.7 Å². The zero-order valence-corrected chi connectivity index (χ0v) is 22.1. The molecule has 9 nitrogen and oxygen atoms in total. The molecule has 1 spiro atoms. The van der Waals surface area contributed by atoms with E-state index in [1.807, 2.05) is 37.1 Å². The third-order valence-corrected chi connectivity index (χ3v) is 7.62. The average Bonchev–Trinajstić information content (AvgIpc) is 3.69. The van der Waals surface area contributed by atoms with Gasteiger partial charge >= 0.3 is 0 Å². The smallest absolute Gasteiger partial charge is 0.286 e.